The Morgan fingerprint density at radius 3 is 2.31 bits per heavy atom. The maximum Gasteiger partial charge on any atom is 0.261 e. The smallest absolute Gasteiger partial charge is 0.261 e. The topological polar surface area (TPSA) is 130 Å². The van der Waals surface area contributed by atoms with E-state index in [1.165, 1.54) is 24.3 Å². The highest BCUT2D eigenvalue weighted by atomic mass is 32.2. The summed E-state index contributed by atoms with van der Waals surface area (Å²) in [5.74, 6) is 0.514. The van der Waals surface area contributed by atoms with Crippen LogP contribution in [0.3, 0.4) is 0 Å². The van der Waals surface area contributed by atoms with Crippen LogP contribution in [0.2, 0.25) is 0 Å². The van der Waals surface area contributed by atoms with E-state index in [4.69, 9.17) is 4.52 Å². The fourth-order valence-electron chi connectivity index (χ4n) is 4.28. The molecule has 0 aliphatic carbocycles. The second-order valence-electron chi connectivity index (χ2n) is 9.72. The van der Waals surface area contributed by atoms with E-state index in [0.717, 1.165) is 23.1 Å². The lowest BCUT2D eigenvalue weighted by molar-refractivity contribution is 0.174. The van der Waals surface area contributed by atoms with Crippen LogP contribution in [0.15, 0.2) is 107 Å². The van der Waals surface area contributed by atoms with E-state index >= 15 is 0 Å². The number of aliphatic hydroxyl groups excluding tert-OH is 1. The van der Waals surface area contributed by atoms with Crippen molar-refractivity contribution in [1.82, 2.24) is 20.4 Å². The molecule has 0 saturated carbocycles. The Morgan fingerprint density at radius 2 is 1.60 bits per heavy atom. The molecule has 42 heavy (non-hydrogen) atoms. The molecule has 1 unspecified atom stereocenters. The number of pyridine rings is 1. The molecular formula is C31H30FN5O4S. The molecule has 1 atom stereocenters. The highest BCUT2D eigenvalue weighted by molar-refractivity contribution is 7.92. The first-order valence-corrected chi connectivity index (χ1v) is 14.9. The normalized spacial score (nSPS) is 12.2. The maximum atomic E-state index is 13.1. The van der Waals surface area contributed by atoms with Gasteiger partial charge in [0.15, 0.2) is 0 Å². The quantitative estimate of drug-likeness (QED) is 0.169. The Morgan fingerprint density at radius 1 is 0.881 bits per heavy atom. The van der Waals surface area contributed by atoms with Crippen molar-refractivity contribution in [3.05, 3.63) is 126 Å². The Kier molecular flexibility index (Phi) is 9.32. The van der Waals surface area contributed by atoms with Crippen molar-refractivity contribution in [2.45, 2.75) is 30.3 Å². The average molecular weight is 588 g/mol. The number of hydrogen-bond acceptors (Lipinski definition) is 8. The van der Waals surface area contributed by atoms with Gasteiger partial charge in [-0.15, -0.1) is 0 Å². The van der Waals surface area contributed by atoms with Gasteiger partial charge in [0.1, 0.15) is 5.82 Å². The van der Waals surface area contributed by atoms with Gasteiger partial charge in [0, 0.05) is 42.2 Å². The van der Waals surface area contributed by atoms with Gasteiger partial charge in [-0.2, -0.15) is 4.98 Å². The predicted octanol–water partition coefficient (Wildman–Crippen LogP) is 4.72. The van der Waals surface area contributed by atoms with Gasteiger partial charge in [-0.3, -0.25) is 9.71 Å². The third-order valence-corrected chi connectivity index (χ3v) is 8.03. The molecule has 0 spiro atoms. The van der Waals surface area contributed by atoms with Crippen LogP contribution >= 0.6 is 0 Å². The summed E-state index contributed by atoms with van der Waals surface area (Å²) in [4.78, 5) is 8.51. The first-order valence-electron chi connectivity index (χ1n) is 13.4. The number of benzene rings is 3. The van der Waals surface area contributed by atoms with Crippen LogP contribution in [-0.4, -0.2) is 41.7 Å². The number of halogens is 1. The molecule has 3 N–H and O–H groups in total. The fourth-order valence-corrected chi connectivity index (χ4v) is 5.33. The number of sulfonamides is 1. The molecule has 11 heteroatoms. The number of anilines is 1. The predicted molar refractivity (Wildman–Crippen MR) is 157 cm³/mol. The van der Waals surface area contributed by atoms with Gasteiger partial charge in [-0.25, -0.2) is 12.8 Å². The fraction of sp³-hybridized carbons (Fsp3) is 0.194. The number of aryl methyl sites for hydroxylation is 2. The minimum Gasteiger partial charge on any atom is -0.387 e. The molecule has 216 valence electrons. The molecule has 9 nitrogen and oxygen atoms in total. The minimum atomic E-state index is -3.81. The molecule has 0 bridgehead atoms. The highest BCUT2D eigenvalue weighted by Crippen LogP contribution is 2.22. The van der Waals surface area contributed by atoms with Crippen LogP contribution in [0.5, 0.6) is 0 Å². The van der Waals surface area contributed by atoms with E-state index in [0.29, 0.717) is 48.9 Å². The molecule has 0 aliphatic rings. The molecule has 0 amide bonds. The molecule has 0 fully saturated rings. The van der Waals surface area contributed by atoms with Gasteiger partial charge in [0.25, 0.3) is 10.0 Å². The molecule has 0 aliphatic heterocycles. The lowest BCUT2D eigenvalue weighted by Gasteiger charge is -2.12. The van der Waals surface area contributed by atoms with Crippen molar-refractivity contribution < 1.29 is 22.4 Å². The number of aliphatic hydroxyl groups is 1. The Bertz CT molecular complexity index is 1680. The maximum absolute atomic E-state index is 13.1. The molecule has 5 aromatic rings. The second-order valence-corrected chi connectivity index (χ2v) is 11.4. The van der Waals surface area contributed by atoms with Gasteiger partial charge < -0.3 is 14.9 Å². The van der Waals surface area contributed by atoms with Crippen molar-refractivity contribution in [3.8, 4) is 11.4 Å². The average Bonchev–Trinajstić information content (AvgIpc) is 3.49. The van der Waals surface area contributed by atoms with Crippen molar-refractivity contribution in [2.75, 3.05) is 17.8 Å². The van der Waals surface area contributed by atoms with Gasteiger partial charge in [0.2, 0.25) is 11.7 Å². The number of hydrogen-bond donors (Lipinski definition) is 3. The first kappa shape index (κ1) is 29.1. The Labute approximate surface area is 243 Å². The SMILES string of the molecule is O=S(=O)(Nc1ccc(CCNCC(O)c2cccnc2)cc1)c1ccc(-c2noc(CCc3ccc(F)cc3)n2)cc1. The zero-order valence-corrected chi connectivity index (χ0v) is 23.5. The molecule has 2 aromatic heterocycles. The van der Waals surface area contributed by atoms with Crippen LogP contribution in [0.1, 0.15) is 28.7 Å². The van der Waals surface area contributed by atoms with Crippen LogP contribution in [-0.2, 0) is 29.3 Å². The lowest BCUT2D eigenvalue weighted by Crippen LogP contribution is -2.23. The Hall–Kier alpha value is -4.45. The van der Waals surface area contributed by atoms with E-state index in [1.54, 1.807) is 54.9 Å². The monoisotopic (exact) mass is 587 g/mol. The molecule has 0 saturated heterocycles. The third-order valence-electron chi connectivity index (χ3n) is 6.64. The number of nitrogens with one attached hydrogen (secondary N) is 2. The van der Waals surface area contributed by atoms with Crippen LogP contribution in [0.25, 0.3) is 11.4 Å². The summed E-state index contributed by atoms with van der Waals surface area (Å²) in [6.45, 7) is 1.07. The summed E-state index contributed by atoms with van der Waals surface area (Å²) in [5.41, 5.74) is 3.82. The minimum absolute atomic E-state index is 0.103. The van der Waals surface area contributed by atoms with Crippen LogP contribution in [0.4, 0.5) is 10.1 Å². The van der Waals surface area contributed by atoms with E-state index in [2.05, 4.69) is 25.2 Å². The van der Waals surface area contributed by atoms with E-state index in [-0.39, 0.29) is 10.7 Å². The summed E-state index contributed by atoms with van der Waals surface area (Å²) < 4.78 is 46.9. The van der Waals surface area contributed by atoms with Gasteiger partial charge in [0.05, 0.1) is 11.0 Å². The van der Waals surface area contributed by atoms with Crippen LogP contribution < -0.4 is 10.0 Å². The van der Waals surface area contributed by atoms with Crippen molar-refractivity contribution in [1.29, 1.82) is 0 Å². The van der Waals surface area contributed by atoms with E-state index in [1.807, 2.05) is 18.2 Å². The van der Waals surface area contributed by atoms with E-state index < -0.39 is 16.1 Å². The summed E-state index contributed by atoms with van der Waals surface area (Å²) in [7, 11) is -3.81. The molecular weight excluding hydrogens is 557 g/mol. The summed E-state index contributed by atoms with van der Waals surface area (Å²) in [6.07, 6.45) is 4.52. The zero-order valence-electron chi connectivity index (χ0n) is 22.7. The number of aromatic nitrogens is 3. The Balaban J connectivity index is 1.11. The molecule has 5 rings (SSSR count). The van der Waals surface area contributed by atoms with E-state index in [9.17, 15) is 17.9 Å². The second kappa shape index (κ2) is 13.5. The van der Waals surface area contributed by atoms with Crippen molar-refractivity contribution >= 4 is 15.7 Å². The summed E-state index contributed by atoms with van der Waals surface area (Å²) in [5, 5.41) is 17.4. The lowest BCUT2D eigenvalue weighted by atomic mass is 10.1. The largest absolute Gasteiger partial charge is 0.387 e. The number of nitrogens with zero attached hydrogens (tertiary/aromatic N) is 3. The summed E-state index contributed by atoms with van der Waals surface area (Å²) >= 11 is 0. The summed E-state index contributed by atoms with van der Waals surface area (Å²) in [6, 6.07) is 23.3. The molecule has 3 aromatic carbocycles. The van der Waals surface area contributed by atoms with Gasteiger partial charge >= 0.3 is 0 Å². The third kappa shape index (κ3) is 7.84. The first-order chi connectivity index (χ1) is 20.4. The van der Waals surface area contributed by atoms with Crippen molar-refractivity contribution in [3.63, 3.8) is 0 Å². The van der Waals surface area contributed by atoms with Crippen molar-refractivity contribution in [2.24, 2.45) is 0 Å². The van der Waals surface area contributed by atoms with Crippen LogP contribution in [0, 0.1) is 5.82 Å². The highest BCUT2D eigenvalue weighted by Gasteiger charge is 2.16. The van der Waals surface area contributed by atoms with Gasteiger partial charge in [-0.1, -0.05) is 35.5 Å². The molecule has 0 radical (unpaired) electrons. The number of rotatable bonds is 13. The molecule has 2 heterocycles. The van der Waals surface area contributed by atoms with Gasteiger partial charge in [-0.05, 0) is 85.1 Å². The zero-order chi connectivity index (χ0) is 29.4. The standard InChI is InChI=1S/C31H30FN5O4S/c32-26-10-3-22(4-11-26)7-16-30-35-31(36-41-30)24-8-14-28(15-9-24)42(39,40)37-27-12-5-23(6-13-27)17-19-34-21-29(38)25-2-1-18-33-20-25/h1-6,8-15,18,20,29,34,37-38H,7,16-17,19,21H2.